The van der Waals surface area contributed by atoms with Crippen molar-refractivity contribution >= 4 is 87.2 Å². The maximum Gasteiger partial charge on any atom is 0.0893 e. The molecule has 18 aromatic rings. The highest BCUT2D eigenvalue weighted by atomic mass is 15.0. The van der Waals surface area contributed by atoms with E-state index in [0.717, 1.165) is 67.8 Å². The molecule has 0 amide bonds. The third kappa shape index (κ3) is 8.45. The van der Waals surface area contributed by atoms with Crippen molar-refractivity contribution in [2.24, 2.45) is 0 Å². The van der Waals surface area contributed by atoms with Crippen LogP contribution < -0.4 is 0 Å². The van der Waals surface area contributed by atoms with Crippen LogP contribution in [0.15, 0.2) is 316 Å². The zero-order valence-electron chi connectivity index (χ0n) is 47.6. The topological polar surface area (TPSA) is 71.3 Å². The van der Waals surface area contributed by atoms with E-state index < -0.39 is 0 Å². The Bertz CT molecular complexity index is 4830. The average molecular weight is 1130 g/mol. The minimum absolute atomic E-state index is 0.840. The molecule has 6 aromatic heterocycles. The molecule has 88 heavy (non-hydrogen) atoms. The fraction of sp³-hybridized carbons (Fsp3) is 0. The molecule has 0 saturated heterocycles. The second kappa shape index (κ2) is 21.0. The van der Waals surface area contributed by atoms with Crippen molar-refractivity contribution in [3.63, 3.8) is 0 Å². The number of hydrogen-bond acceptors (Lipinski definition) is 4. The quantitative estimate of drug-likeness (QED) is 0.152. The van der Waals surface area contributed by atoms with Gasteiger partial charge in [0.2, 0.25) is 0 Å². The smallest absolute Gasteiger partial charge is 0.0893 e. The van der Waals surface area contributed by atoms with E-state index in [1.165, 1.54) is 87.2 Å². The van der Waals surface area contributed by atoms with Gasteiger partial charge >= 0.3 is 0 Å². The molecule has 412 valence electrons. The van der Waals surface area contributed by atoms with E-state index in [2.05, 4.69) is 319 Å². The zero-order chi connectivity index (χ0) is 58.1. The molecule has 0 spiro atoms. The van der Waals surface area contributed by atoms with Crippen LogP contribution >= 0.6 is 0 Å². The summed E-state index contributed by atoms with van der Waals surface area (Å²) in [6.07, 6.45) is 7.41. The fourth-order valence-corrected chi connectivity index (χ4v) is 13.3. The summed E-state index contributed by atoms with van der Waals surface area (Å²) < 4.78 is 9.34. The van der Waals surface area contributed by atoms with Gasteiger partial charge in [0.15, 0.2) is 0 Å². The van der Waals surface area contributed by atoms with Crippen molar-refractivity contribution in [1.29, 1.82) is 0 Å². The number of aromatic nitrogens is 8. The van der Waals surface area contributed by atoms with Crippen molar-refractivity contribution in [2.45, 2.75) is 0 Å². The molecule has 0 saturated carbocycles. The minimum Gasteiger partial charge on any atom is -0.309 e. The van der Waals surface area contributed by atoms with E-state index in [9.17, 15) is 0 Å². The van der Waals surface area contributed by atoms with Crippen molar-refractivity contribution in [3.8, 4) is 67.8 Å². The van der Waals surface area contributed by atoms with E-state index in [4.69, 9.17) is 9.97 Å². The van der Waals surface area contributed by atoms with Gasteiger partial charge in [-0.3, -0.25) is 9.97 Å². The molecular formula is C80H52N8. The van der Waals surface area contributed by atoms with Crippen LogP contribution in [-0.4, -0.2) is 38.2 Å². The molecule has 0 aliphatic rings. The number of fused-ring (bicyclic) bond motifs is 12. The molecule has 0 bridgehead atoms. The van der Waals surface area contributed by atoms with Gasteiger partial charge in [0.05, 0.1) is 91.7 Å². The van der Waals surface area contributed by atoms with E-state index in [0.29, 0.717) is 0 Å². The van der Waals surface area contributed by atoms with Gasteiger partial charge in [-0.1, -0.05) is 194 Å². The molecule has 0 unspecified atom stereocenters. The maximum atomic E-state index is 5.13. The summed E-state index contributed by atoms with van der Waals surface area (Å²) in [4.78, 5) is 19.5. The lowest BCUT2D eigenvalue weighted by atomic mass is 10.1. The Balaban J connectivity index is 0.000000137. The summed E-state index contributed by atoms with van der Waals surface area (Å²) in [6, 6.07) is 103. The number of rotatable bonds is 8. The maximum absolute atomic E-state index is 5.13. The van der Waals surface area contributed by atoms with Crippen LogP contribution in [-0.2, 0) is 0 Å². The summed E-state index contributed by atoms with van der Waals surface area (Å²) in [7, 11) is 0. The van der Waals surface area contributed by atoms with Crippen LogP contribution in [0, 0.1) is 0 Å². The van der Waals surface area contributed by atoms with E-state index in [1.807, 2.05) is 24.8 Å². The predicted molar refractivity (Wildman–Crippen MR) is 363 cm³/mol. The molecule has 0 atom stereocenters. The van der Waals surface area contributed by atoms with Crippen LogP contribution in [0.4, 0.5) is 0 Å². The fourth-order valence-electron chi connectivity index (χ4n) is 13.3. The van der Waals surface area contributed by atoms with Gasteiger partial charge in [-0.2, -0.15) is 0 Å². The summed E-state index contributed by atoms with van der Waals surface area (Å²) in [5, 5.41) is 9.99. The van der Waals surface area contributed by atoms with Crippen molar-refractivity contribution in [3.05, 3.63) is 316 Å². The zero-order valence-corrected chi connectivity index (χ0v) is 47.6. The number of benzene rings is 12. The lowest BCUT2D eigenvalue weighted by molar-refractivity contribution is 1.16. The molecule has 0 aliphatic heterocycles. The van der Waals surface area contributed by atoms with Gasteiger partial charge in [0, 0.05) is 88.1 Å². The first-order chi connectivity index (χ1) is 43.7. The van der Waals surface area contributed by atoms with Gasteiger partial charge in [-0.05, 0) is 97.1 Å². The molecular weight excluding hydrogens is 1070 g/mol. The molecule has 12 aromatic carbocycles. The summed E-state index contributed by atoms with van der Waals surface area (Å²) >= 11 is 0. The average Bonchev–Trinajstić information content (AvgIpc) is 2.40. The first-order valence-corrected chi connectivity index (χ1v) is 29.7. The highest BCUT2D eigenvalue weighted by Gasteiger charge is 2.18. The van der Waals surface area contributed by atoms with Gasteiger partial charge in [-0.15, -0.1) is 0 Å². The monoisotopic (exact) mass is 1120 g/mol. The third-order valence-electron chi connectivity index (χ3n) is 17.2. The molecule has 8 nitrogen and oxygen atoms in total. The summed E-state index contributed by atoms with van der Waals surface area (Å²) in [5.41, 5.74) is 21.4. The first-order valence-electron chi connectivity index (χ1n) is 29.7. The summed E-state index contributed by atoms with van der Waals surface area (Å²) in [6.45, 7) is 0. The van der Waals surface area contributed by atoms with Crippen LogP contribution in [0.5, 0.6) is 0 Å². The Labute approximate surface area is 506 Å². The van der Waals surface area contributed by atoms with Crippen LogP contribution in [0.2, 0.25) is 0 Å². The Kier molecular flexibility index (Phi) is 12.0. The van der Waals surface area contributed by atoms with E-state index in [1.54, 1.807) is 0 Å². The summed E-state index contributed by atoms with van der Waals surface area (Å²) in [5.74, 6) is 0. The van der Waals surface area contributed by atoms with Gasteiger partial charge in [-0.25, -0.2) is 9.97 Å². The highest BCUT2D eigenvalue weighted by molar-refractivity contribution is 6.12. The first kappa shape index (κ1) is 50.5. The van der Waals surface area contributed by atoms with Crippen LogP contribution in [0.3, 0.4) is 0 Å². The second-order valence-electron chi connectivity index (χ2n) is 22.3. The highest BCUT2D eigenvalue weighted by Crippen LogP contribution is 2.38. The standard InChI is InChI=1S/2C40H26N4/c2*1-5-19-37-31(15-1)32-16-2-6-20-38(32)43(37)29-13-9-11-27(23-29)35-25-41-26-36(42-35)28-12-10-14-30(24-28)44-39-21-7-3-17-33(39)34-18-4-8-22-40(34)44/h2*1-26H. The van der Waals surface area contributed by atoms with E-state index >= 15 is 0 Å². The molecule has 18 rings (SSSR count). The number of para-hydroxylation sites is 8. The van der Waals surface area contributed by atoms with Crippen molar-refractivity contribution in [2.75, 3.05) is 0 Å². The second-order valence-corrected chi connectivity index (χ2v) is 22.3. The Hall–Kier alpha value is -12.0. The lowest BCUT2D eigenvalue weighted by Crippen LogP contribution is -1.96. The number of hydrogen-bond donors (Lipinski definition) is 0. The SMILES string of the molecule is c1cc(-c2cncc(-c3cccc(-n4c5ccccc5c5ccccc54)c3)n2)cc(-n2c3ccccc3c3ccccc32)c1.c1cc(-c2cncc(-c3cccc(-n4c5ccccc5c5ccccc54)c3)n2)cc(-n2c3ccccc3c3ccccc32)c1. The van der Waals surface area contributed by atoms with Crippen LogP contribution in [0.25, 0.3) is 155 Å². The third-order valence-corrected chi connectivity index (χ3v) is 17.2. The Morgan fingerprint density at radius 1 is 0.182 bits per heavy atom. The molecule has 0 radical (unpaired) electrons. The minimum atomic E-state index is 0.840. The molecule has 8 heteroatoms. The predicted octanol–water partition coefficient (Wildman–Crippen LogP) is 20.0. The largest absolute Gasteiger partial charge is 0.309 e. The van der Waals surface area contributed by atoms with Gasteiger partial charge in [0.25, 0.3) is 0 Å². The van der Waals surface area contributed by atoms with Crippen molar-refractivity contribution < 1.29 is 0 Å². The van der Waals surface area contributed by atoms with E-state index in [-0.39, 0.29) is 0 Å². The Morgan fingerprint density at radius 2 is 0.364 bits per heavy atom. The Morgan fingerprint density at radius 3 is 0.557 bits per heavy atom. The van der Waals surface area contributed by atoms with Gasteiger partial charge in [0.1, 0.15) is 0 Å². The molecule has 0 aliphatic carbocycles. The van der Waals surface area contributed by atoms with Crippen LogP contribution in [0.1, 0.15) is 0 Å². The normalized spacial score (nSPS) is 11.6. The number of nitrogens with zero attached hydrogens (tertiary/aromatic N) is 8. The lowest BCUT2D eigenvalue weighted by Gasteiger charge is -2.12. The molecule has 6 heterocycles. The molecule has 0 fully saturated rings. The van der Waals surface area contributed by atoms with Gasteiger partial charge < -0.3 is 18.3 Å². The van der Waals surface area contributed by atoms with Crippen molar-refractivity contribution in [1.82, 2.24) is 38.2 Å². The molecule has 0 N–H and O–H groups in total.